The third-order valence-corrected chi connectivity index (χ3v) is 5.42. The van der Waals surface area contributed by atoms with E-state index in [9.17, 15) is 9.59 Å². The first-order valence-electron chi connectivity index (χ1n) is 10.1. The highest BCUT2D eigenvalue weighted by Gasteiger charge is 2.28. The molecule has 28 heavy (non-hydrogen) atoms. The molecule has 5 heteroatoms. The van der Waals surface area contributed by atoms with Gasteiger partial charge in [0.15, 0.2) is 0 Å². The molecule has 2 unspecified atom stereocenters. The Morgan fingerprint density at radius 3 is 2.43 bits per heavy atom. The molecule has 3 N–H and O–H groups in total. The van der Waals surface area contributed by atoms with Crippen LogP contribution in [0, 0.1) is 5.92 Å². The topological polar surface area (TPSA) is 75.4 Å². The SMILES string of the molecule is NC(=O)N1CCCC(C(=O)NC(CCCc2ccccc2)c2ccccc2)C1. The molecule has 0 aromatic heterocycles. The molecule has 1 fully saturated rings. The van der Waals surface area contributed by atoms with Gasteiger partial charge in [0.1, 0.15) is 0 Å². The van der Waals surface area contributed by atoms with Gasteiger partial charge in [-0.1, -0.05) is 60.7 Å². The summed E-state index contributed by atoms with van der Waals surface area (Å²) in [6, 6.07) is 20.0. The lowest BCUT2D eigenvalue weighted by Crippen LogP contribution is -2.47. The minimum Gasteiger partial charge on any atom is -0.351 e. The predicted molar refractivity (Wildman–Crippen MR) is 111 cm³/mol. The molecule has 1 saturated heterocycles. The molecular weight excluding hydrogens is 350 g/mol. The quantitative estimate of drug-likeness (QED) is 0.770. The average Bonchev–Trinajstić information content (AvgIpc) is 2.74. The Kier molecular flexibility index (Phi) is 7.06. The van der Waals surface area contributed by atoms with E-state index in [1.54, 1.807) is 4.90 Å². The lowest BCUT2D eigenvalue weighted by Gasteiger charge is -2.32. The zero-order chi connectivity index (χ0) is 19.8. The van der Waals surface area contributed by atoms with E-state index in [0.717, 1.165) is 37.7 Å². The summed E-state index contributed by atoms with van der Waals surface area (Å²) in [5, 5.41) is 3.23. The van der Waals surface area contributed by atoms with Gasteiger partial charge >= 0.3 is 6.03 Å². The van der Waals surface area contributed by atoms with E-state index in [-0.39, 0.29) is 17.9 Å². The summed E-state index contributed by atoms with van der Waals surface area (Å²) in [5.74, 6) is -0.180. The Bertz CT molecular complexity index is 764. The van der Waals surface area contributed by atoms with Crippen molar-refractivity contribution in [1.29, 1.82) is 0 Å². The molecule has 0 bridgehead atoms. The standard InChI is InChI=1S/C23H29N3O2/c24-23(28)26-16-8-14-20(17-26)22(27)25-21(19-12-5-2-6-13-19)15-7-11-18-9-3-1-4-10-18/h1-6,9-10,12-13,20-21H,7-8,11,14-17H2,(H2,24,28)(H,25,27). The second-order valence-corrected chi connectivity index (χ2v) is 7.47. The molecule has 0 saturated carbocycles. The summed E-state index contributed by atoms with van der Waals surface area (Å²) in [5.41, 5.74) is 7.83. The van der Waals surface area contributed by atoms with Crippen LogP contribution in [0.2, 0.25) is 0 Å². The Labute approximate surface area is 166 Å². The number of hydrogen-bond acceptors (Lipinski definition) is 2. The van der Waals surface area contributed by atoms with Gasteiger partial charge in [-0.05, 0) is 43.2 Å². The zero-order valence-electron chi connectivity index (χ0n) is 16.2. The molecule has 0 radical (unpaired) electrons. The highest BCUT2D eigenvalue weighted by atomic mass is 16.2. The van der Waals surface area contributed by atoms with Crippen molar-refractivity contribution in [3.63, 3.8) is 0 Å². The molecule has 2 atom stereocenters. The van der Waals surface area contributed by atoms with Crippen molar-refractivity contribution < 1.29 is 9.59 Å². The van der Waals surface area contributed by atoms with Crippen molar-refractivity contribution in [2.24, 2.45) is 11.7 Å². The van der Waals surface area contributed by atoms with Gasteiger partial charge in [-0.3, -0.25) is 4.79 Å². The summed E-state index contributed by atoms with van der Waals surface area (Å²) in [6.07, 6.45) is 4.45. The van der Waals surface area contributed by atoms with Crippen LogP contribution in [0.1, 0.15) is 42.9 Å². The lowest BCUT2D eigenvalue weighted by molar-refractivity contribution is -0.127. The molecule has 3 amide bonds. The lowest BCUT2D eigenvalue weighted by atomic mass is 9.94. The summed E-state index contributed by atoms with van der Waals surface area (Å²) in [4.78, 5) is 25.9. The maximum atomic E-state index is 12.9. The van der Waals surface area contributed by atoms with Gasteiger partial charge in [0.25, 0.3) is 0 Å². The summed E-state index contributed by atoms with van der Waals surface area (Å²) >= 11 is 0. The van der Waals surface area contributed by atoms with E-state index in [0.29, 0.717) is 13.1 Å². The number of benzene rings is 2. The maximum absolute atomic E-state index is 12.9. The minimum absolute atomic E-state index is 0.0134. The van der Waals surface area contributed by atoms with Gasteiger partial charge < -0.3 is 16.0 Å². The van der Waals surface area contributed by atoms with Crippen LogP contribution in [0.4, 0.5) is 4.79 Å². The first-order valence-corrected chi connectivity index (χ1v) is 10.1. The van der Waals surface area contributed by atoms with E-state index in [4.69, 9.17) is 5.73 Å². The van der Waals surface area contributed by atoms with Crippen LogP contribution in [-0.4, -0.2) is 29.9 Å². The van der Waals surface area contributed by atoms with Crippen LogP contribution in [0.3, 0.4) is 0 Å². The van der Waals surface area contributed by atoms with Crippen LogP contribution in [-0.2, 0) is 11.2 Å². The number of primary amides is 1. The van der Waals surface area contributed by atoms with Crippen molar-refractivity contribution in [3.8, 4) is 0 Å². The largest absolute Gasteiger partial charge is 0.351 e. The second-order valence-electron chi connectivity index (χ2n) is 7.47. The second kappa shape index (κ2) is 9.93. The smallest absolute Gasteiger partial charge is 0.314 e. The van der Waals surface area contributed by atoms with Gasteiger partial charge in [-0.2, -0.15) is 0 Å². The third-order valence-electron chi connectivity index (χ3n) is 5.42. The Balaban J connectivity index is 1.62. The highest BCUT2D eigenvalue weighted by molar-refractivity contribution is 5.80. The van der Waals surface area contributed by atoms with Gasteiger partial charge in [-0.15, -0.1) is 0 Å². The molecule has 1 aliphatic rings. The summed E-state index contributed by atoms with van der Waals surface area (Å²) in [6.45, 7) is 1.05. The Hall–Kier alpha value is -2.82. The predicted octanol–water partition coefficient (Wildman–Crippen LogP) is 3.66. The minimum atomic E-state index is -0.444. The van der Waals surface area contributed by atoms with E-state index in [2.05, 4.69) is 41.7 Å². The van der Waals surface area contributed by atoms with Crippen molar-refractivity contribution >= 4 is 11.9 Å². The number of piperidine rings is 1. The molecule has 5 nitrogen and oxygen atoms in total. The van der Waals surface area contributed by atoms with Crippen molar-refractivity contribution in [3.05, 3.63) is 71.8 Å². The van der Waals surface area contributed by atoms with E-state index >= 15 is 0 Å². The fourth-order valence-electron chi connectivity index (χ4n) is 3.84. The number of carbonyl (C=O) groups is 2. The number of urea groups is 1. The zero-order valence-corrected chi connectivity index (χ0v) is 16.2. The van der Waals surface area contributed by atoms with Crippen LogP contribution in [0.5, 0.6) is 0 Å². The number of likely N-dealkylation sites (tertiary alicyclic amines) is 1. The molecular formula is C23H29N3O2. The Morgan fingerprint density at radius 1 is 1.07 bits per heavy atom. The van der Waals surface area contributed by atoms with E-state index in [1.165, 1.54) is 5.56 Å². The molecule has 1 aliphatic heterocycles. The summed E-state index contributed by atoms with van der Waals surface area (Å²) < 4.78 is 0. The number of amides is 3. The van der Waals surface area contributed by atoms with Crippen molar-refractivity contribution in [2.45, 2.75) is 38.1 Å². The molecule has 1 heterocycles. The van der Waals surface area contributed by atoms with Gasteiger partial charge in [0, 0.05) is 13.1 Å². The van der Waals surface area contributed by atoms with Crippen LogP contribution in [0.25, 0.3) is 0 Å². The van der Waals surface area contributed by atoms with E-state index in [1.807, 2.05) is 24.3 Å². The van der Waals surface area contributed by atoms with Crippen molar-refractivity contribution in [1.82, 2.24) is 10.2 Å². The molecule has 0 aliphatic carbocycles. The first-order chi connectivity index (χ1) is 13.6. The van der Waals surface area contributed by atoms with Gasteiger partial charge in [0.05, 0.1) is 12.0 Å². The number of rotatable bonds is 7. The normalized spacial score (nSPS) is 17.7. The number of nitrogens with two attached hydrogens (primary N) is 1. The monoisotopic (exact) mass is 379 g/mol. The molecule has 0 spiro atoms. The number of nitrogens with one attached hydrogen (secondary N) is 1. The van der Waals surface area contributed by atoms with Gasteiger partial charge in [-0.25, -0.2) is 4.79 Å². The first kappa shape index (κ1) is 19.9. The number of hydrogen-bond donors (Lipinski definition) is 2. The van der Waals surface area contributed by atoms with Gasteiger partial charge in [0.2, 0.25) is 5.91 Å². The number of nitrogens with zero attached hydrogens (tertiary/aromatic N) is 1. The van der Waals surface area contributed by atoms with Crippen LogP contribution < -0.4 is 11.1 Å². The Morgan fingerprint density at radius 2 is 1.75 bits per heavy atom. The number of carbonyl (C=O) groups excluding carboxylic acids is 2. The molecule has 148 valence electrons. The van der Waals surface area contributed by atoms with Crippen LogP contribution >= 0.6 is 0 Å². The van der Waals surface area contributed by atoms with E-state index < -0.39 is 6.03 Å². The molecule has 2 aromatic rings. The number of aryl methyl sites for hydroxylation is 1. The average molecular weight is 380 g/mol. The molecule has 2 aromatic carbocycles. The van der Waals surface area contributed by atoms with Crippen molar-refractivity contribution in [2.75, 3.05) is 13.1 Å². The summed E-state index contributed by atoms with van der Waals surface area (Å²) in [7, 11) is 0. The third kappa shape index (κ3) is 5.59. The highest BCUT2D eigenvalue weighted by Crippen LogP contribution is 2.23. The molecule has 3 rings (SSSR count). The van der Waals surface area contributed by atoms with Crippen LogP contribution in [0.15, 0.2) is 60.7 Å². The fraction of sp³-hybridized carbons (Fsp3) is 0.391. The fourth-order valence-corrected chi connectivity index (χ4v) is 3.84. The maximum Gasteiger partial charge on any atom is 0.314 e.